The molecule has 1 N–H and O–H groups in total. The highest BCUT2D eigenvalue weighted by atomic mass is 16.2. The van der Waals surface area contributed by atoms with Gasteiger partial charge >= 0.3 is 0 Å². The molecule has 0 spiro atoms. The molecule has 0 aliphatic heterocycles. The lowest BCUT2D eigenvalue weighted by molar-refractivity contribution is 0.0761. The van der Waals surface area contributed by atoms with Crippen LogP contribution < -0.4 is 5.32 Å². The molecule has 0 aliphatic carbocycles. The molecular formula is C17H28N2O. The molecule has 0 atom stereocenters. The van der Waals surface area contributed by atoms with Crippen molar-refractivity contribution in [2.45, 2.75) is 47.0 Å². The van der Waals surface area contributed by atoms with E-state index >= 15 is 0 Å². The van der Waals surface area contributed by atoms with Gasteiger partial charge in [0.15, 0.2) is 0 Å². The lowest BCUT2D eigenvalue weighted by Crippen LogP contribution is -2.32. The third-order valence-corrected chi connectivity index (χ3v) is 3.49. The van der Waals surface area contributed by atoms with Crippen LogP contribution in [0.5, 0.6) is 0 Å². The molecule has 0 heterocycles. The lowest BCUT2D eigenvalue weighted by Gasteiger charge is -2.22. The molecule has 1 amide bonds. The second-order valence-corrected chi connectivity index (χ2v) is 5.19. The van der Waals surface area contributed by atoms with Crippen molar-refractivity contribution in [3.8, 4) is 0 Å². The Morgan fingerprint density at radius 3 is 2.50 bits per heavy atom. The minimum Gasteiger partial charge on any atom is -0.385 e. The predicted molar refractivity (Wildman–Crippen MR) is 86.4 cm³/mol. The van der Waals surface area contributed by atoms with Crippen LogP contribution in [0.15, 0.2) is 18.2 Å². The van der Waals surface area contributed by atoms with Gasteiger partial charge in [-0.1, -0.05) is 20.3 Å². The van der Waals surface area contributed by atoms with Crippen LogP contribution in [-0.2, 0) is 0 Å². The maximum absolute atomic E-state index is 12.5. The Hall–Kier alpha value is -1.51. The quantitative estimate of drug-likeness (QED) is 0.776. The molecule has 0 saturated carbocycles. The van der Waals surface area contributed by atoms with Crippen molar-refractivity contribution >= 4 is 11.6 Å². The Labute approximate surface area is 123 Å². The number of anilines is 1. The van der Waals surface area contributed by atoms with Gasteiger partial charge in [0.1, 0.15) is 0 Å². The van der Waals surface area contributed by atoms with Gasteiger partial charge < -0.3 is 10.2 Å². The number of carbonyl (C=O) groups excluding carboxylic acids is 1. The molecule has 1 aromatic carbocycles. The van der Waals surface area contributed by atoms with Crippen LogP contribution in [0.4, 0.5) is 5.69 Å². The second-order valence-electron chi connectivity index (χ2n) is 5.19. The Morgan fingerprint density at radius 1 is 1.20 bits per heavy atom. The zero-order chi connectivity index (χ0) is 15.0. The van der Waals surface area contributed by atoms with Crippen LogP contribution in [0, 0.1) is 6.92 Å². The van der Waals surface area contributed by atoms with Crippen molar-refractivity contribution in [1.29, 1.82) is 0 Å². The summed E-state index contributed by atoms with van der Waals surface area (Å²) in [6, 6.07) is 6.02. The average molecular weight is 276 g/mol. The summed E-state index contributed by atoms with van der Waals surface area (Å²) in [6.07, 6.45) is 3.28. The van der Waals surface area contributed by atoms with Gasteiger partial charge in [-0.2, -0.15) is 0 Å². The minimum atomic E-state index is 0.153. The fraction of sp³-hybridized carbons (Fsp3) is 0.588. The monoisotopic (exact) mass is 276 g/mol. The van der Waals surface area contributed by atoms with Gasteiger partial charge in [-0.3, -0.25) is 4.79 Å². The Morgan fingerprint density at radius 2 is 1.95 bits per heavy atom. The van der Waals surface area contributed by atoms with E-state index in [9.17, 15) is 4.79 Å². The molecule has 112 valence electrons. The summed E-state index contributed by atoms with van der Waals surface area (Å²) in [4.78, 5) is 14.5. The molecule has 3 heteroatoms. The summed E-state index contributed by atoms with van der Waals surface area (Å²) in [5.74, 6) is 0.153. The van der Waals surface area contributed by atoms with Gasteiger partial charge in [0.25, 0.3) is 5.91 Å². The Bertz CT molecular complexity index is 429. The van der Waals surface area contributed by atoms with Gasteiger partial charge in [0, 0.05) is 30.9 Å². The number of carbonyl (C=O) groups is 1. The van der Waals surface area contributed by atoms with Crippen molar-refractivity contribution in [3.05, 3.63) is 29.3 Å². The summed E-state index contributed by atoms with van der Waals surface area (Å²) in [5.41, 5.74) is 2.97. The minimum absolute atomic E-state index is 0.153. The molecule has 0 saturated heterocycles. The summed E-state index contributed by atoms with van der Waals surface area (Å²) in [6.45, 7) is 10.9. The number of benzene rings is 1. The number of rotatable bonds is 8. The zero-order valence-corrected chi connectivity index (χ0v) is 13.3. The first kappa shape index (κ1) is 16.5. The first-order valence-corrected chi connectivity index (χ1v) is 7.77. The third kappa shape index (κ3) is 4.55. The van der Waals surface area contributed by atoms with E-state index in [4.69, 9.17) is 0 Å². The van der Waals surface area contributed by atoms with E-state index in [1.807, 2.05) is 30.9 Å². The van der Waals surface area contributed by atoms with E-state index < -0.39 is 0 Å². The van der Waals surface area contributed by atoms with E-state index in [-0.39, 0.29) is 5.91 Å². The van der Waals surface area contributed by atoms with Gasteiger partial charge in [-0.25, -0.2) is 0 Å². The van der Waals surface area contributed by atoms with Gasteiger partial charge in [0.05, 0.1) is 0 Å². The van der Waals surface area contributed by atoms with Crippen molar-refractivity contribution in [3.63, 3.8) is 0 Å². The van der Waals surface area contributed by atoms with Crippen LogP contribution in [0.1, 0.15) is 56.0 Å². The Kier molecular flexibility index (Phi) is 7.13. The number of amides is 1. The smallest absolute Gasteiger partial charge is 0.254 e. The number of hydrogen-bond acceptors (Lipinski definition) is 2. The van der Waals surface area contributed by atoms with E-state index in [1.165, 1.54) is 0 Å². The van der Waals surface area contributed by atoms with Crippen LogP contribution >= 0.6 is 0 Å². The van der Waals surface area contributed by atoms with Crippen molar-refractivity contribution < 1.29 is 4.79 Å². The highest BCUT2D eigenvalue weighted by molar-refractivity contribution is 5.96. The van der Waals surface area contributed by atoms with E-state index in [0.717, 1.165) is 55.7 Å². The molecule has 0 aromatic heterocycles. The molecular weight excluding hydrogens is 248 g/mol. The van der Waals surface area contributed by atoms with Crippen molar-refractivity contribution in [1.82, 2.24) is 4.90 Å². The molecule has 20 heavy (non-hydrogen) atoms. The summed E-state index contributed by atoms with van der Waals surface area (Å²) >= 11 is 0. The first-order valence-electron chi connectivity index (χ1n) is 7.77. The van der Waals surface area contributed by atoms with Crippen molar-refractivity contribution in [2.75, 3.05) is 25.0 Å². The zero-order valence-electron chi connectivity index (χ0n) is 13.3. The number of unbranched alkanes of at least 4 members (excludes halogenated alkanes) is 1. The maximum Gasteiger partial charge on any atom is 0.254 e. The van der Waals surface area contributed by atoms with Crippen LogP contribution in [0.25, 0.3) is 0 Å². The number of aryl methyl sites for hydroxylation is 1. The molecule has 1 rings (SSSR count). The third-order valence-electron chi connectivity index (χ3n) is 3.49. The number of nitrogens with one attached hydrogen (secondary N) is 1. The molecule has 0 radical (unpaired) electrons. The molecule has 0 bridgehead atoms. The predicted octanol–water partition coefficient (Wildman–Crippen LogP) is 4.08. The molecule has 3 nitrogen and oxygen atoms in total. The van der Waals surface area contributed by atoms with E-state index in [0.29, 0.717) is 0 Å². The fourth-order valence-corrected chi connectivity index (χ4v) is 2.21. The maximum atomic E-state index is 12.5. The van der Waals surface area contributed by atoms with Crippen LogP contribution in [-0.4, -0.2) is 30.4 Å². The summed E-state index contributed by atoms with van der Waals surface area (Å²) in [5, 5.41) is 3.35. The van der Waals surface area contributed by atoms with Crippen LogP contribution in [0.2, 0.25) is 0 Å². The van der Waals surface area contributed by atoms with Crippen LogP contribution in [0.3, 0.4) is 0 Å². The molecule has 0 unspecified atom stereocenters. The van der Waals surface area contributed by atoms with Gasteiger partial charge in [-0.15, -0.1) is 0 Å². The second kappa shape index (κ2) is 8.62. The molecule has 0 fully saturated rings. The Balaban J connectivity index is 2.81. The fourth-order valence-electron chi connectivity index (χ4n) is 2.21. The standard InChI is InChI=1S/C17H28N2O/c1-5-8-12-19(7-3)17(20)16-10-9-15(13-14(16)4)18-11-6-2/h9-10,13,18H,5-8,11-12H2,1-4H3. The SMILES string of the molecule is CCCCN(CC)C(=O)c1ccc(NCCC)cc1C. The normalized spacial score (nSPS) is 10.4. The topological polar surface area (TPSA) is 32.3 Å². The average Bonchev–Trinajstić information content (AvgIpc) is 2.45. The first-order chi connectivity index (χ1) is 9.63. The van der Waals surface area contributed by atoms with E-state index in [1.54, 1.807) is 0 Å². The largest absolute Gasteiger partial charge is 0.385 e. The van der Waals surface area contributed by atoms with Gasteiger partial charge in [-0.05, 0) is 50.5 Å². The highest BCUT2D eigenvalue weighted by Crippen LogP contribution is 2.17. The van der Waals surface area contributed by atoms with Gasteiger partial charge in [0.2, 0.25) is 0 Å². The number of hydrogen-bond donors (Lipinski definition) is 1. The lowest BCUT2D eigenvalue weighted by atomic mass is 10.1. The number of nitrogens with zero attached hydrogens (tertiary/aromatic N) is 1. The van der Waals surface area contributed by atoms with Crippen molar-refractivity contribution in [2.24, 2.45) is 0 Å². The van der Waals surface area contributed by atoms with E-state index in [2.05, 4.69) is 25.2 Å². The molecule has 1 aromatic rings. The summed E-state index contributed by atoms with van der Waals surface area (Å²) < 4.78 is 0. The molecule has 0 aliphatic rings. The summed E-state index contributed by atoms with van der Waals surface area (Å²) in [7, 11) is 0. The highest BCUT2D eigenvalue weighted by Gasteiger charge is 2.15.